The van der Waals surface area contributed by atoms with Crippen LogP contribution in [-0.4, -0.2) is 53.3 Å². The summed E-state index contributed by atoms with van der Waals surface area (Å²) >= 11 is 0. The number of aliphatic hydroxyl groups excluding tert-OH is 2. The molecule has 0 saturated carbocycles. The third-order valence-corrected chi connectivity index (χ3v) is 7.88. The van der Waals surface area contributed by atoms with E-state index in [-0.39, 0.29) is 48.6 Å². The van der Waals surface area contributed by atoms with Crippen LogP contribution in [0.3, 0.4) is 0 Å². The lowest BCUT2D eigenvalue weighted by Crippen LogP contribution is -2.44. The third-order valence-electron chi connectivity index (χ3n) is 7.88. The minimum atomic E-state index is -4.52. The van der Waals surface area contributed by atoms with Gasteiger partial charge in [0.15, 0.2) is 6.10 Å². The van der Waals surface area contributed by atoms with Gasteiger partial charge in [-0.1, -0.05) is 38.1 Å². The second-order valence-corrected chi connectivity index (χ2v) is 10.6. The summed E-state index contributed by atoms with van der Waals surface area (Å²) in [6.45, 7) is 4.36. The fourth-order valence-electron chi connectivity index (χ4n) is 5.86. The predicted octanol–water partition coefficient (Wildman–Crippen LogP) is 5.22. The van der Waals surface area contributed by atoms with E-state index in [9.17, 15) is 28.2 Å². The minimum Gasteiger partial charge on any atom is -0.479 e. The highest BCUT2D eigenvalue weighted by Gasteiger charge is 2.43. The van der Waals surface area contributed by atoms with Crippen LogP contribution in [0, 0.1) is 17.8 Å². The highest BCUT2D eigenvalue weighted by atomic mass is 19.4. The van der Waals surface area contributed by atoms with Gasteiger partial charge in [-0.15, -0.1) is 0 Å². The van der Waals surface area contributed by atoms with E-state index < -0.39 is 36.0 Å². The van der Waals surface area contributed by atoms with Crippen molar-refractivity contribution in [3.8, 4) is 5.75 Å². The van der Waals surface area contributed by atoms with Crippen LogP contribution in [0.15, 0.2) is 48.1 Å². The number of fused-ring (bicyclic) bond motifs is 1. The van der Waals surface area contributed by atoms with Gasteiger partial charge in [0.1, 0.15) is 11.9 Å². The van der Waals surface area contributed by atoms with Gasteiger partial charge in [-0.3, -0.25) is 0 Å². The first-order valence-electron chi connectivity index (χ1n) is 13.5. The molecule has 2 aliphatic carbocycles. The molecule has 2 N–H and O–H groups in total. The summed E-state index contributed by atoms with van der Waals surface area (Å²) < 4.78 is 56.8. The van der Waals surface area contributed by atoms with Crippen LogP contribution in [-0.2, 0) is 20.4 Å². The number of ether oxygens (including phenoxy) is 3. The van der Waals surface area contributed by atoms with E-state index >= 15 is 0 Å². The van der Waals surface area contributed by atoms with Gasteiger partial charge < -0.3 is 24.4 Å². The van der Waals surface area contributed by atoms with Crippen molar-refractivity contribution in [1.82, 2.24) is 0 Å². The molecule has 210 valence electrons. The van der Waals surface area contributed by atoms with Crippen molar-refractivity contribution in [3.05, 3.63) is 53.6 Å². The predicted molar refractivity (Wildman–Crippen MR) is 134 cm³/mol. The summed E-state index contributed by atoms with van der Waals surface area (Å²) in [6.07, 6.45) is 1.77. The molecule has 1 aromatic rings. The largest absolute Gasteiger partial charge is 0.479 e. The number of carbonyl (C=O) groups is 1. The number of aliphatic hydroxyl groups is 2. The lowest BCUT2D eigenvalue weighted by atomic mass is 9.66. The molecular weight excluding hydrogens is 501 g/mol. The van der Waals surface area contributed by atoms with E-state index in [1.807, 2.05) is 12.2 Å². The second kappa shape index (κ2) is 12.2. The zero-order chi connectivity index (χ0) is 27.4. The first-order chi connectivity index (χ1) is 18.0. The molecule has 0 amide bonds. The molecule has 1 heterocycles. The summed E-state index contributed by atoms with van der Waals surface area (Å²) in [5, 5.41) is 20.5. The van der Waals surface area contributed by atoms with E-state index in [1.165, 1.54) is 12.1 Å². The molecule has 38 heavy (non-hydrogen) atoms. The quantitative estimate of drug-likeness (QED) is 0.442. The Balaban J connectivity index is 1.47. The van der Waals surface area contributed by atoms with Gasteiger partial charge in [0.2, 0.25) is 0 Å². The van der Waals surface area contributed by atoms with Crippen LogP contribution >= 0.6 is 0 Å². The van der Waals surface area contributed by atoms with Crippen LogP contribution in [0.2, 0.25) is 0 Å². The van der Waals surface area contributed by atoms with Gasteiger partial charge in [0, 0.05) is 18.9 Å². The molecule has 4 rings (SSSR count). The number of alkyl halides is 3. The smallest absolute Gasteiger partial charge is 0.416 e. The number of hydrogen-bond acceptors (Lipinski definition) is 6. The van der Waals surface area contributed by atoms with Gasteiger partial charge in [-0.25, -0.2) is 4.79 Å². The fourth-order valence-corrected chi connectivity index (χ4v) is 5.86. The van der Waals surface area contributed by atoms with Gasteiger partial charge >= 0.3 is 12.1 Å². The Bertz CT molecular complexity index is 1020. The van der Waals surface area contributed by atoms with E-state index in [2.05, 4.69) is 13.0 Å². The van der Waals surface area contributed by atoms with Gasteiger partial charge in [0.05, 0.1) is 23.9 Å². The molecule has 0 spiro atoms. The van der Waals surface area contributed by atoms with Crippen LogP contribution in [0.4, 0.5) is 13.2 Å². The van der Waals surface area contributed by atoms with Crippen LogP contribution in [0.1, 0.15) is 57.9 Å². The summed E-state index contributed by atoms with van der Waals surface area (Å²) in [6, 6.07) is 4.43. The average molecular weight is 539 g/mol. The Labute approximate surface area is 221 Å². The molecule has 3 aliphatic rings. The maximum Gasteiger partial charge on any atom is 0.416 e. The molecule has 1 fully saturated rings. The Morgan fingerprint density at radius 1 is 1.21 bits per heavy atom. The normalized spacial score (nSPS) is 32.2. The number of hydrogen-bond donors (Lipinski definition) is 2. The first-order valence-corrected chi connectivity index (χ1v) is 13.5. The van der Waals surface area contributed by atoms with Crippen LogP contribution in [0.25, 0.3) is 0 Å². The molecule has 0 radical (unpaired) electrons. The Hall–Kier alpha value is -2.36. The van der Waals surface area contributed by atoms with Crippen molar-refractivity contribution in [1.29, 1.82) is 0 Å². The van der Waals surface area contributed by atoms with Crippen molar-refractivity contribution >= 4 is 5.97 Å². The van der Waals surface area contributed by atoms with Crippen molar-refractivity contribution < 1.29 is 42.4 Å². The molecule has 8 atom stereocenters. The minimum absolute atomic E-state index is 0.0233. The SMILES string of the molecule is CCC(Oc1cccc(C(F)(F)F)c1)C(=O)O[C@H]1C[C@H](O)C=C2C=C[C@H](C)[C@H](CC[C@@H]3C[C@H](O)CCO3)[C@H]21. The molecule has 9 heteroatoms. The Morgan fingerprint density at radius 2 is 2.00 bits per heavy atom. The monoisotopic (exact) mass is 538 g/mol. The summed E-state index contributed by atoms with van der Waals surface area (Å²) in [5.41, 5.74) is 0.0600. The maximum atomic E-state index is 13.2. The zero-order valence-corrected chi connectivity index (χ0v) is 21.8. The van der Waals surface area contributed by atoms with Gasteiger partial charge in [-0.2, -0.15) is 13.2 Å². The van der Waals surface area contributed by atoms with E-state index in [0.717, 1.165) is 30.5 Å². The first kappa shape index (κ1) is 28.6. The Kier molecular flexibility index (Phi) is 9.21. The molecule has 1 aromatic carbocycles. The molecule has 6 nitrogen and oxygen atoms in total. The van der Waals surface area contributed by atoms with Crippen molar-refractivity contribution in [2.75, 3.05) is 6.61 Å². The number of esters is 1. The molecule has 0 aromatic heterocycles. The standard InChI is InChI=1S/C29H37F3O6/c1-3-25(37-23-6-4-5-19(14-23)29(30,31)32)28(35)38-26-16-21(34)13-18-8-7-17(2)24(27(18)26)10-9-22-15-20(33)11-12-36-22/h4-8,13-14,17,20-22,24-27,33-34H,3,9-12,15-16H2,1-2H3/t17-,20+,21+,22+,24-,25?,26-,27-/m0/s1. The maximum absolute atomic E-state index is 13.2. The molecular formula is C29H37F3O6. The van der Waals surface area contributed by atoms with Gasteiger partial charge in [0.25, 0.3) is 0 Å². The number of halogens is 3. The molecule has 1 aliphatic heterocycles. The highest BCUT2D eigenvalue weighted by Crippen LogP contribution is 2.44. The van der Waals surface area contributed by atoms with Crippen LogP contribution < -0.4 is 4.74 Å². The lowest BCUT2D eigenvalue weighted by molar-refractivity contribution is -0.163. The number of rotatable bonds is 8. The van der Waals surface area contributed by atoms with Gasteiger partial charge in [-0.05, 0) is 67.7 Å². The number of allylic oxidation sites excluding steroid dienone is 2. The third kappa shape index (κ3) is 6.98. The summed E-state index contributed by atoms with van der Waals surface area (Å²) in [7, 11) is 0. The molecule has 1 saturated heterocycles. The van der Waals surface area contributed by atoms with E-state index in [0.29, 0.717) is 19.4 Å². The van der Waals surface area contributed by atoms with Crippen molar-refractivity contribution in [2.24, 2.45) is 17.8 Å². The number of benzene rings is 1. The summed E-state index contributed by atoms with van der Waals surface area (Å²) in [4.78, 5) is 13.2. The zero-order valence-electron chi connectivity index (χ0n) is 21.8. The Morgan fingerprint density at radius 3 is 2.71 bits per heavy atom. The van der Waals surface area contributed by atoms with Crippen molar-refractivity contribution in [3.63, 3.8) is 0 Å². The molecule has 0 bridgehead atoms. The molecule has 1 unspecified atom stereocenters. The summed E-state index contributed by atoms with van der Waals surface area (Å²) in [5.74, 6) is -0.534. The lowest BCUT2D eigenvalue weighted by Gasteiger charge is -2.43. The van der Waals surface area contributed by atoms with E-state index in [1.54, 1.807) is 6.92 Å². The topological polar surface area (TPSA) is 85.2 Å². The van der Waals surface area contributed by atoms with Crippen molar-refractivity contribution in [2.45, 2.75) is 89.1 Å². The fraction of sp³-hybridized carbons (Fsp3) is 0.621. The number of carbonyl (C=O) groups excluding carboxylic acids is 1. The van der Waals surface area contributed by atoms with E-state index in [4.69, 9.17) is 14.2 Å². The van der Waals surface area contributed by atoms with Crippen LogP contribution in [0.5, 0.6) is 5.75 Å². The second-order valence-electron chi connectivity index (χ2n) is 10.6. The average Bonchev–Trinajstić information content (AvgIpc) is 2.86. The highest BCUT2D eigenvalue weighted by molar-refractivity contribution is 5.75.